The zero-order chi connectivity index (χ0) is 13.1. The molecule has 2 rings (SSSR count). The average molecular weight is 289 g/mol. The molecule has 1 fully saturated rings. The van der Waals surface area contributed by atoms with Gasteiger partial charge in [0.25, 0.3) is 0 Å². The Morgan fingerprint density at radius 1 is 1.33 bits per heavy atom. The molecule has 3 nitrogen and oxygen atoms in total. The second-order valence-electron chi connectivity index (χ2n) is 4.42. The van der Waals surface area contributed by atoms with Crippen molar-refractivity contribution in [3.05, 3.63) is 33.8 Å². The number of nitrogens with zero attached hydrogens (tertiary/aromatic N) is 1. The van der Waals surface area contributed by atoms with Crippen LogP contribution in [0.15, 0.2) is 18.2 Å². The lowest BCUT2D eigenvalue weighted by Crippen LogP contribution is -2.48. The summed E-state index contributed by atoms with van der Waals surface area (Å²) in [5.74, 6) is 0. The van der Waals surface area contributed by atoms with Gasteiger partial charge in [-0.3, -0.25) is 4.90 Å². The Morgan fingerprint density at radius 2 is 2.00 bits per heavy atom. The minimum atomic E-state index is -0.00627. The van der Waals surface area contributed by atoms with Crippen LogP contribution in [0.2, 0.25) is 10.0 Å². The first-order valence-corrected chi connectivity index (χ1v) is 6.93. The predicted octanol–water partition coefficient (Wildman–Crippen LogP) is 2.71. The maximum absolute atomic E-state index is 6.08. The molecule has 1 saturated heterocycles. The third-order valence-electron chi connectivity index (χ3n) is 3.32. The third-order valence-corrected chi connectivity index (χ3v) is 3.76. The first-order chi connectivity index (χ1) is 8.65. The van der Waals surface area contributed by atoms with E-state index in [9.17, 15) is 0 Å². The van der Waals surface area contributed by atoms with E-state index in [0.29, 0.717) is 16.6 Å². The van der Waals surface area contributed by atoms with Gasteiger partial charge in [-0.25, -0.2) is 0 Å². The number of morpholine rings is 1. The van der Waals surface area contributed by atoms with E-state index in [4.69, 9.17) is 33.7 Å². The van der Waals surface area contributed by atoms with Crippen molar-refractivity contribution >= 4 is 23.2 Å². The van der Waals surface area contributed by atoms with Gasteiger partial charge < -0.3 is 10.5 Å². The molecule has 1 aromatic rings. The molecular weight excluding hydrogens is 271 g/mol. The quantitative estimate of drug-likeness (QED) is 0.930. The van der Waals surface area contributed by atoms with Gasteiger partial charge in [0.2, 0.25) is 0 Å². The highest BCUT2D eigenvalue weighted by molar-refractivity contribution is 6.34. The van der Waals surface area contributed by atoms with Crippen LogP contribution >= 0.6 is 23.2 Å². The molecular formula is C13H18Cl2N2O. The molecule has 5 heteroatoms. The molecule has 100 valence electrons. The molecule has 2 N–H and O–H groups in total. The van der Waals surface area contributed by atoms with Crippen molar-refractivity contribution in [3.8, 4) is 0 Å². The minimum Gasteiger partial charge on any atom is -0.374 e. The zero-order valence-corrected chi connectivity index (χ0v) is 11.9. The second kappa shape index (κ2) is 6.22. The van der Waals surface area contributed by atoms with Crippen LogP contribution in [0.3, 0.4) is 0 Å². The molecule has 0 radical (unpaired) electrons. The SMILES string of the molecule is CCN1CCOC(CN)C1c1cc(Cl)cc(Cl)c1. The lowest BCUT2D eigenvalue weighted by molar-refractivity contribution is -0.0658. The fourth-order valence-electron chi connectivity index (χ4n) is 2.51. The fraction of sp³-hybridized carbons (Fsp3) is 0.538. The van der Waals surface area contributed by atoms with Crippen LogP contribution in [0.5, 0.6) is 0 Å². The van der Waals surface area contributed by atoms with Crippen LogP contribution < -0.4 is 5.73 Å². The van der Waals surface area contributed by atoms with E-state index in [2.05, 4.69) is 11.8 Å². The Labute approximate surface area is 118 Å². The first kappa shape index (κ1) is 14.1. The Morgan fingerprint density at radius 3 is 2.56 bits per heavy atom. The number of likely N-dealkylation sites (N-methyl/N-ethyl adjacent to an activating group) is 1. The number of hydrogen-bond acceptors (Lipinski definition) is 3. The highest BCUT2D eigenvalue weighted by Gasteiger charge is 2.32. The van der Waals surface area contributed by atoms with Gasteiger partial charge in [-0.15, -0.1) is 0 Å². The minimum absolute atomic E-state index is 0.00627. The van der Waals surface area contributed by atoms with E-state index in [0.717, 1.165) is 25.3 Å². The molecule has 2 atom stereocenters. The largest absolute Gasteiger partial charge is 0.374 e. The molecule has 0 saturated carbocycles. The summed E-state index contributed by atoms with van der Waals surface area (Å²) in [6.07, 6.45) is -0.00627. The molecule has 2 unspecified atom stereocenters. The number of nitrogens with two attached hydrogens (primary N) is 1. The van der Waals surface area contributed by atoms with Gasteiger partial charge >= 0.3 is 0 Å². The predicted molar refractivity (Wildman–Crippen MR) is 75.2 cm³/mol. The van der Waals surface area contributed by atoms with Crippen LogP contribution in [0.25, 0.3) is 0 Å². The topological polar surface area (TPSA) is 38.5 Å². The summed E-state index contributed by atoms with van der Waals surface area (Å²) in [6.45, 7) is 5.21. The molecule has 18 heavy (non-hydrogen) atoms. The molecule has 1 aromatic carbocycles. The Balaban J connectivity index is 2.35. The molecule has 0 aliphatic carbocycles. The Hall–Kier alpha value is -0.320. The maximum atomic E-state index is 6.08. The molecule has 1 heterocycles. The lowest BCUT2D eigenvalue weighted by atomic mass is 9.98. The Bertz CT molecular complexity index is 382. The van der Waals surface area contributed by atoms with Crippen LogP contribution in [-0.4, -0.2) is 37.2 Å². The van der Waals surface area contributed by atoms with Gasteiger partial charge in [0, 0.05) is 23.1 Å². The van der Waals surface area contributed by atoms with Crippen LogP contribution in [-0.2, 0) is 4.74 Å². The van der Waals surface area contributed by atoms with Gasteiger partial charge in [0.05, 0.1) is 18.8 Å². The van der Waals surface area contributed by atoms with Crippen LogP contribution in [0, 0.1) is 0 Å². The summed E-state index contributed by atoms with van der Waals surface area (Å²) < 4.78 is 5.75. The van der Waals surface area contributed by atoms with Gasteiger partial charge in [-0.1, -0.05) is 30.1 Å². The van der Waals surface area contributed by atoms with E-state index < -0.39 is 0 Å². The van der Waals surface area contributed by atoms with E-state index in [1.807, 2.05) is 12.1 Å². The van der Waals surface area contributed by atoms with E-state index in [1.54, 1.807) is 6.07 Å². The summed E-state index contributed by atoms with van der Waals surface area (Å²) >= 11 is 12.2. The van der Waals surface area contributed by atoms with E-state index in [-0.39, 0.29) is 12.1 Å². The summed E-state index contributed by atoms with van der Waals surface area (Å²) in [5.41, 5.74) is 6.88. The number of benzene rings is 1. The van der Waals surface area contributed by atoms with Gasteiger partial charge in [-0.2, -0.15) is 0 Å². The van der Waals surface area contributed by atoms with E-state index in [1.165, 1.54) is 0 Å². The van der Waals surface area contributed by atoms with Gasteiger partial charge in [0.1, 0.15) is 0 Å². The highest BCUT2D eigenvalue weighted by atomic mass is 35.5. The summed E-state index contributed by atoms with van der Waals surface area (Å²) in [4.78, 5) is 2.35. The van der Waals surface area contributed by atoms with Crippen molar-refractivity contribution in [1.82, 2.24) is 4.90 Å². The van der Waals surface area contributed by atoms with Crippen molar-refractivity contribution in [3.63, 3.8) is 0 Å². The molecule has 1 aliphatic heterocycles. The summed E-state index contributed by atoms with van der Waals surface area (Å²) in [5, 5.41) is 1.30. The second-order valence-corrected chi connectivity index (χ2v) is 5.29. The molecule has 0 amide bonds. The average Bonchev–Trinajstić information content (AvgIpc) is 2.36. The van der Waals surface area contributed by atoms with Crippen molar-refractivity contribution < 1.29 is 4.74 Å². The normalized spacial score (nSPS) is 25.3. The Kier molecular flexibility index (Phi) is 4.87. The zero-order valence-electron chi connectivity index (χ0n) is 10.4. The monoisotopic (exact) mass is 288 g/mol. The van der Waals surface area contributed by atoms with Crippen LogP contribution in [0.1, 0.15) is 18.5 Å². The number of rotatable bonds is 3. The summed E-state index contributed by atoms with van der Waals surface area (Å²) in [6, 6.07) is 5.75. The molecule has 1 aliphatic rings. The number of halogens is 2. The summed E-state index contributed by atoms with van der Waals surface area (Å²) in [7, 11) is 0. The number of hydrogen-bond donors (Lipinski definition) is 1. The van der Waals surface area contributed by atoms with Crippen LogP contribution in [0.4, 0.5) is 0 Å². The molecule has 0 bridgehead atoms. The maximum Gasteiger partial charge on any atom is 0.0894 e. The van der Waals surface area contributed by atoms with Crippen molar-refractivity contribution in [2.24, 2.45) is 5.73 Å². The van der Waals surface area contributed by atoms with Gasteiger partial charge in [0.15, 0.2) is 0 Å². The first-order valence-electron chi connectivity index (χ1n) is 6.17. The van der Waals surface area contributed by atoms with Crippen molar-refractivity contribution in [1.29, 1.82) is 0 Å². The van der Waals surface area contributed by atoms with Crippen molar-refractivity contribution in [2.45, 2.75) is 19.1 Å². The molecule has 0 aromatic heterocycles. The standard InChI is InChI=1S/C13H18Cl2N2O/c1-2-17-3-4-18-12(8-16)13(17)9-5-10(14)7-11(15)6-9/h5-7,12-13H,2-4,8,16H2,1H3. The molecule has 0 spiro atoms. The van der Waals surface area contributed by atoms with Crippen molar-refractivity contribution in [2.75, 3.05) is 26.2 Å². The fourth-order valence-corrected chi connectivity index (χ4v) is 3.05. The van der Waals surface area contributed by atoms with E-state index >= 15 is 0 Å². The smallest absolute Gasteiger partial charge is 0.0894 e. The van der Waals surface area contributed by atoms with Gasteiger partial charge in [-0.05, 0) is 30.3 Å². The lowest BCUT2D eigenvalue weighted by Gasteiger charge is -2.40. The highest BCUT2D eigenvalue weighted by Crippen LogP contribution is 2.32. The number of ether oxygens (including phenoxy) is 1. The third kappa shape index (κ3) is 2.98.